The number of nitrogens with zero attached hydrogens (tertiary/aromatic N) is 1. The third kappa shape index (κ3) is 3.30. The molecule has 2 aromatic rings. The van der Waals surface area contributed by atoms with Crippen molar-refractivity contribution in [3.63, 3.8) is 0 Å². The van der Waals surface area contributed by atoms with Crippen molar-refractivity contribution in [2.75, 3.05) is 5.73 Å². The molecular weight excluding hydrogens is 278 g/mol. The Kier molecular flexibility index (Phi) is 5.16. The van der Waals surface area contributed by atoms with Crippen molar-refractivity contribution in [2.24, 2.45) is 0 Å². The molecule has 108 valence electrons. The largest absolute Gasteiger partial charge is 0.399 e. The van der Waals surface area contributed by atoms with Crippen LogP contribution >= 0.6 is 12.4 Å². The zero-order valence-electron chi connectivity index (χ0n) is 11.7. The number of nitrogen functional groups attached to an aromatic ring is 1. The van der Waals surface area contributed by atoms with Crippen LogP contribution in [0.15, 0.2) is 22.7 Å². The fraction of sp³-hybridized carbons (Fsp3) is 0.286. The van der Waals surface area contributed by atoms with E-state index in [0.717, 1.165) is 22.6 Å². The van der Waals surface area contributed by atoms with Gasteiger partial charge in [-0.05, 0) is 38.5 Å². The Morgan fingerprint density at radius 3 is 2.65 bits per heavy atom. The summed E-state index contributed by atoms with van der Waals surface area (Å²) in [6.45, 7) is 5.95. The van der Waals surface area contributed by atoms with E-state index in [4.69, 9.17) is 10.3 Å². The van der Waals surface area contributed by atoms with E-state index in [1.165, 1.54) is 0 Å². The van der Waals surface area contributed by atoms with Gasteiger partial charge in [0.15, 0.2) is 0 Å². The van der Waals surface area contributed by atoms with E-state index in [1.807, 2.05) is 26.8 Å². The quantitative estimate of drug-likeness (QED) is 0.853. The summed E-state index contributed by atoms with van der Waals surface area (Å²) in [6.07, 6.45) is 0. The van der Waals surface area contributed by atoms with Gasteiger partial charge in [-0.1, -0.05) is 11.2 Å². The molecule has 2 rings (SSSR count). The number of aromatic nitrogens is 1. The van der Waals surface area contributed by atoms with Crippen LogP contribution in [0.25, 0.3) is 0 Å². The number of hydrogen-bond donors (Lipinski definition) is 2. The van der Waals surface area contributed by atoms with E-state index in [1.54, 1.807) is 12.1 Å². The highest BCUT2D eigenvalue weighted by molar-refractivity contribution is 5.96. The number of benzene rings is 1. The molecule has 0 saturated heterocycles. The number of anilines is 1. The van der Waals surface area contributed by atoms with E-state index in [2.05, 4.69) is 10.5 Å². The Hall–Kier alpha value is -2.01. The van der Waals surface area contributed by atoms with Crippen molar-refractivity contribution in [1.29, 1.82) is 0 Å². The molecule has 1 amide bonds. The fourth-order valence-corrected chi connectivity index (χ4v) is 1.90. The average molecular weight is 296 g/mol. The Balaban J connectivity index is 0.00000200. The Morgan fingerprint density at radius 1 is 1.35 bits per heavy atom. The highest BCUT2D eigenvalue weighted by Crippen LogP contribution is 2.14. The first-order valence-corrected chi connectivity index (χ1v) is 6.05. The summed E-state index contributed by atoms with van der Waals surface area (Å²) < 4.78 is 5.05. The number of aryl methyl sites for hydroxylation is 3. The lowest BCUT2D eigenvalue weighted by atomic mass is 10.1. The minimum atomic E-state index is -0.148. The number of carbonyl (C=O) groups excluding carboxylic acids is 1. The lowest BCUT2D eigenvalue weighted by molar-refractivity contribution is 0.0950. The number of carbonyl (C=O) groups is 1. The third-order valence-electron chi connectivity index (χ3n) is 3.11. The third-order valence-corrected chi connectivity index (χ3v) is 3.11. The molecule has 0 spiro atoms. The van der Waals surface area contributed by atoms with Crippen LogP contribution in [0.1, 0.15) is 32.9 Å². The van der Waals surface area contributed by atoms with E-state index in [9.17, 15) is 4.79 Å². The molecule has 1 aromatic carbocycles. The monoisotopic (exact) mass is 295 g/mol. The summed E-state index contributed by atoms with van der Waals surface area (Å²) in [4.78, 5) is 12.1. The number of amides is 1. The molecule has 1 heterocycles. The highest BCUT2D eigenvalue weighted by atomic mass is 35.5. The first-order valence-electron chi connectivity index (χ1n) is 6.05. The maximum absolute atomic E-state index is 12.1. The molecule has 1 aromatic heterocycles. The van der Waals surface area contributed by atoms with Gasteiger partial charge >= 0.3 is 0 Å². The van der Waals surface area contributed by atoms with Crippen LogP contribution in [0.5, 0.6) is 0 Å². The van der Waals surface area contributed by atoms with E-state index >= 15 is 0 Å². The van der Waals surface area contributed by atoms with Gasteiger partial charge in [-0.15, -0.1) is 12.4 Å². The van der Waals surface area contributed by atoms with Gasteiger partial charge in [0.1, 0.15) is 5.76 Å². The lowest BCUT2D eigenvalue weighted by Gasteiger charge is -2.08. The number of nitrogens with one attached hydrogen (secondary N) is 1. The summed E-state index contributed by atoms with van der Waals surface area (Å²) in [5.41, 5.74) is 9.47. The van der Waals surface area contributed by atoms with E-state index < -0.39 is 0 Å². The van der Waals surface area contributed by atoms with E-state index in [0.29, 0.717) is 17.8 Å². The van der Waals surface area contributed by atoms with Crippen molar-refractivity contribution in [1.82, 2.24) is 10.5 Å². The second-order valence-corrected chi connectivity index (χ2v) is 4.56. The normalized spacial score (nSPS) is 9.95. The average Bonchev–Trinajstić information content (AvgIpc) is 2.69. The summed E-state index contributed by atoms with van der Waals surface area (Å²) in [5, 5.41) is 6.71. The predicted molar refractivity (Wildman–Crippen MR) is 80.0 cm³/mol. The predicted octanol–water partition coefficient (Wildman–Crippen LogP) is 2.53. The molecular formula is C14H18ClN3O2. The lowest BCUT2D eigenvalue weighted by Crippen LogP contribution is -2.24. The maximum Gasteiger partial charge on any atom is 0.251 e. The van der Waals surface area contributed by atoms with Crippen LogP contribution in [-0.2, 0) is 6.54 Å². The molecule has 5 nitrogen and oxygen atoms in total. The minimum Gasteiger partial charge on any atom is -0.399 e. The zero-order chi connectivity index (χ0) is 14.0. The second kappa shape index (κ2) is 6.43. The first kappa shape index (κ1) is 16.0. The smallest absolute Gasteiger partial charge is 0.251 e. The topological polar surface area (TPSA) is 81.2 Å². The van der Waals surface area contributed by atoms with Gasteiger partial charge in [-0.25, -0.2) is 0 Å². The maximum atomic E-state index is 12.1. The Morgan fingerprint density at radius 2 is 2.05 bits per heavy atom. The van der Waals surface area contributed by atoms with Gasteiger partial charge < -0.3 is 15.6 Å². The molecule has 0 bridgehead atoms. The molecule has 0 atom stereocenters. The Bertz CT molecular complexity index is 603. The number of nitrogens with two attached hydrogens (primary N) is 1. The van der Waals surface area contributed by atoms with Gasteiger partial charge in [-0.2, -0.15) is 0 Å². The van der Waals surface area contributed by atoms with Crippen LogP contribution < -0.4 is 11.1 Å². The number of halogens is 1. The van der Waals surface area contributed by atoms with Crippen molar-refractivity contribution < 1.29 is 9.32 Å². The fourth-order valence-electron chi connectivity index (χ4n) is 1.90. The molecule has 0 aliphatic carbocycles. The van der Waals surface area contributed by atoms with Crippen LogP contribution in [-0.4, -0.2) is 11.1 Å². The summed E-state index contributed by atoms with van der Waals surface area (Å²) in [6, 6.07) is 5.29. The minimum absolute atomic E-state index is 0. The molecule has 20 heavy (non-hydrogen) atoms. The molecule has 3 N–H and O–H groups in total. The standard InChI is InChI=1S/C14H17N3O2.ClH/c1-8-4-5-11(15)6-12(8)14(18)16-7-13-9(2)17-19-10(13)3;/h4-6H,7,15H2,1-3H3,(H,16,18);1H. The van der Waals surface area contributed by atoms with Crippen molar-refractivity contribution in [2.45, 2.75) is 27.3 Å². The van der Waals surface area contributed by atoms with Gasteiger partial charge in [-0.3, -0.25) is 4.79 Å². The Labute approximate surface area is 123 Å². The molecule has 0 aliphatic heterocycles. The molecule has 0 fully saturated rings. The zero-order valence-corrected chi connectivity index (χ0v) is 12.5. The van der Waals surface area contributed by atoms with Gasteiger partial charge in [0.2, 0.25) is 0 Å². The molecule has 0 radical (unpaired) electrons. The second-order valence-electron chi connectivity index (χ2n) is 4.56. The van der Waals surface area contributed by atoms with Crippen molar-refractivity contribution in [3.05, 3.63) is 46.3 Å². The van der Waals surface area contributed by atoms with Crippen LogP contribution in [0.3, 0.4) is 0 Å². The molecule has 0 aliphatic rings. The summed E-state index contributed by atoms with van der Waals surface area (Å²) in [7, 11) is 0. The summed E-state index contributed by atoms with van der Waals surface area (Å²) >= 11 is 0. The van der Waals surface area contributed by atoms with Crippen LogP contribution in [0.4, 0.5) is 5.69 Å². The molecule has 6 heteroatoms. The molecule has 0 saturated carbocycles. The first-order chi connectivity index (χ1) is 8.99. The SMILES string of the molecule is Cc1ccc(N)cc1C(=O)NCc1c(C)noc1C.Cl. The number of rotatable bonds is 3. The molecule has 0 unspecified atom stereocenters. The van der Waals surface area contributed by atoms with Crippen molar-refractivity contribution in [3.8, 4) is 0 Å². The highest BCUT2D eigenvalue weighted by Gasteiger charge is 2.13. The van der Waals surface area contributed by atoms with Gasteiger partial charge in [0.25, 0.3) is 5.91 Å². The number of hydrogen-bond acceptors (Lipinski definition) is 4. The van der Waals surface area contributed by atoms with Crippen LogP contribution in [0, 0.1) is 20.8 Å². The van der Waals surface area contributed by atoms with E-state index in [-0.39, 0.29) is 18.3 Å². The van der Waals surface area contributed by atoms with Crippen LogP contribution in [0.2, 0.25) is 0 Å². The van der Waals surface area contributed by atoms with Gasteiger partial charge in [0, 0.05) is 23.4 Å². The summed E-state index contributed by atoms with van der Waals surface area (Å²) in [5.74, 6) is 0.576. The van der Waals surface area contributed by atoms with Gasteiger partial charge in [0.05, 0.1) is 5.69 Å². The van der Waals surface area contributed by atoms with Crippen molar-refractivity contribution >= 4 is 24.0 Å².